The predicted octanol–water partition coefficient (Wildman–Crippen LogP) is 0.516. The highest BCUT2D eigenvalue weighted by Crippen LogP contribution is 2.12. The Morgan fingerprint density at radius 2 is 1.92 bits per heavy atom. The van der Waals surface area contributed by atoms with Gasteiger partial charge in [-0.1, -0.05) is 0 Å². The lowest BCUT2D eigenvalue weighted by molar-refractivity contribution is 1.03. The summed E-state index contributed by atoms with van der Waals surface area (Å²) in [7, 11) is 0. The maximum absolute atomic E-state index is 5.35. The van der Waals surface area contributed by atoms with Gasteiger partial charge >= 0.3 is 0 Å². The van der Waals surface area contributed by atoms with Gasteiger partial charge in [-0.15, -0.1) is 0 Å². The summed E-state index contributed by atoms with van der Waals surface area (Å²) < 4.78 is 0. The molecule has 2 heterocycles. The molecule has 0 bridgehead atoms. The van der Waals surface area contributed by atoms with E-state index in [9.17, 15) is 0 Å². The van der Waals surface area contributed by atoms with Gasteiger partial charge in [0, 0.05) is 24.2 Å². The average molecular weight is 173 g/mol. The number of hydrogen-bond acceptors (Lipinski definition) is 5. The minimum Gasteiger partial charge on any atom is -0.368 e. The molecule has 0 atom stereocenters. The maximum Gasteiger partial charge on any atom is 0.219 e. The summed E-state index contributed by atoms with van der Waals surface area (Å²) in [4.78, 5) is 7.71. The Bertz CT molecular complexity index is 383. The third kappa shape index (κ3) is 1.58. The van der Waals surface area contributed by atoms with Crippen LogP contribution in [0.2, 0.25) is 0 Å². The molecule has 13 heavy (non-hydrogen) atoms. The molecule has 0 aromatic carbocycles. The Kier molecular flexibility index (Phi) is 1.84. The van der Waals surface area contributed by atoms with Gasteiger partial charge in [-0.05, 0) is 12.1 Å². The molecule has 5 nitrogen and oxygen atoms in total. The van der Waals surface area contributed by atoms with Gasteiger partial charge in [0.05, 0.1) is 5.69 Å². The molecule has 64 valence electrons. The van der Waals surface area contributed by atoms with Crippen molar-refractivity contribution < 1.29 is 0 Å². The zero-order chi connectivity index (χ0) is 9.10. The Balaban J connectivity index is 2.42. The Labute approximate surface area is 74.7 Å². The number of hydrogen-bond donors (Lipinski definition) is 1. The summed E-state index contributed by atoms with van der Waals surface area (Å²) in [5.41, 5.74) is 6.89. The van der Waals surface area contributed by atoms with Crippen LogP contribution in [0.1, 0.15) is 0 Å². The number of nitrogen functional groups attached to an aromatic ring is 1. The van der Waals surface area contributed by atoms with Crippen LogP contribution in [0.15, 0.2) is 30.7 Å². The fourth-order valence-corrected chi connectivity index (χ4v) is 0.926. The van der Waals surface area contributed by atoms with Crippen molar-refractivity contribution in [2.45, 2.75) is 0 Å². The standard InChI is InChI=1S/C8H7N5/c9-8-10-4-6(5-11-8)7-2-1-3-12-13-7/h1-5H,(H2,9,10,11). The largest absolute Gasteiger partial charge is 0.368 e. The summed E-state index contributed by atoms with van der Waals surface area (Å²) >= 11 is 0. The topological polar surface area (TPSA) is 77.6 Å². The van der Waals surface area contributed by atoms with E-state index in [1.165, 1.54) is 0 Å². The van der Waals surface area contributed by atoms with Gasteiger partial charge in [0.2, 0.25) is 5.95 Å². The molecule has 0 amide bonds. The zero-order valence-electron chi connectivity index (χ0n) is 6.75. The highest BCUT2D eigenvalue weighted by molar-refractivity contribution is 5.55. The molecule has 0 spiro atoms. The van der Waals surface area contributed by atoms with Crippen LogP contribution in [-0.4, -0.2) is 20.2 Å². The summed E-state index contributed by atoms with van der Waals surface area (Å²) in [6.07, 6.45) is 4.85. The van der Waals surface area contributed by atoms with Crippen molar-refractivity contribution in [1.29, 1.82) is 0 Å². The highest BCUT2D eigenvalue weighted by atomic mass is 15.1. The van der Waals surface area contributed by atoms with Gasteiger partial charge in [0.25, 0.3) is 0 Å². The third-order valence-corrected chi connectivity index (χ3v) is 1.54. The average Bonchev–Trinajstić information content (AvgIpc) is 2.20. The van der Waals surface area contributed by atoms with Gasteiger partial charge in [-0.25, -0.2) is 9.97 Å². The van der Waals surface area contributed by atoms with E-state index in [4.69, 9.17) is 5.73 Å². The molecule has 0 fully saturated rings. The number of nitrogens with zero attached hydrogens (tertiary/aromatic N) is 4. The first kappa shape index (κ1) is 7.60. The van der Waals surface area contributed by atoms with Gasteiger partial charge in [-0.2, -0.15) is 10.2 Å². The first-order valence-corrected chi connectivity index (χ1v) is 3.72. The Morgan fingerprint density at radius 1 is 1.15 bits per heavy atom. The van der Waals surface area contributed by atoms with E-state index < -0.39 is 0 Å². The molecule has 2 aromatic rings. The van der Waals surface area contributed by atoms with E-state index in [1.807, 2.05) is 6.07 Å². The van der Waals surface area contributed by atoms with Crippen molar-refractivity contribution in [3.63, 3.8) is 0 Å². The molecule has 2 aromatic heterocycles. The minimum atomic E-state index is 0.257. The molecule has 0 aliphatic heterocycles. The van der Waals surface area contributed by atoms with Crippen LogP contribution < -0.4 is 5.73 Å². The van der Waals surface area contributed by atoms with Crippen molar-refractivity contribution in [2.24, 2.45) is 0 Å². The van der Waals surface area contributed by atoms with Crippen LogP contribution in [0.3, 0.4) is 0 Å². The minimum absolute atomic E-state index is 0.257. The van der Waals surface area contributed by atoms with Crippen LogP contribution >= 0.6 is 0 Å². The maximum atomic E-state index is 5.35. The van der Waals surface area contributed by atoms with Crippen LogP contribution in [0, 0.1) is 0 Å². The first-order valence-electron chi connectivity index (χ1n) is 3.72. The van der Waals surface area contributed by atoms with E-state index in [0.717, 1.165) is 11.3 Å². The fraction of sp³-hybridized carbons (Fsp3) is 0. The fourth-order valence-electron chi connectivity index (χ4n) is 0.926. The SMILES string of the molecule is Nc1ncc(-c2cccnn2)cn1. The number of aromatic nitrogens is 4. The lowest BCUT2D eigenvalue weighted by Gasteiger charge is -1.97. The second kappa shape index (κ2) is 3.14. The van der Waals surface area contributed by atoms with E-state index in [-0.39, 0.29) is 5.95 Å². The molecule has 0 aliphatic carbocycles. The van der Waals surface area contributed by atoms with Crippen LogP contribution in [0.5, 0.6) is 0 Å². The molecule has 0 radical (unpaired) electrons. The lowest BCUT2D eigenvalue weighted by Crippen LogP contribution is -1.94. The van der Waals surface area contributed by atoms with Crippen LogP contribution in [-0.2, 0) is 0 Å². The summed E-state index contributed by atoms with van der Waals surface area (Å²) in [5, 5.41) is 7.65. The predicted molar refractivity (Wildman–Crippen MR) is 47.5 cm³/mol. The quantitative estimate of drug-likeness (QED) is 0.680. The number of nitrogens with two attached hydrogens (primary N) is 1. The third-order valence-electron chi connectivity index (χ3n) is 1.54. The molecular formula is C8H7N5. The molecule has 2 N–H and O–H groups in total. The van der Waals surface area contributed by atoms with Gasteiger partial charge in [-0.3, -0.25) is 0 Å². The molecule has 2 rings (SSSR count). The highest BCUT2D eigenvalue weighted by Gasteiger charge is 1.98. The van der Waals surface area contributed by atoms with Gasteiger partial charge in [0.1, 0.15) is 0 Å². The van der Waals surface area contributed by atoms with E-state index >= 15 is 0 Å². The second-order valence-corrected chi connectivity index (χ2v) is 2.44. The van der Waals surface area contributed by atoms with E-state index in [1.54, 1.807) is 24.7 Å². The summed E-state index contributed by atoms with van der Waals surface area (Å²) in [6.45, 7) is 0. The molecule has 5 heteroatoms. The van der Waals surface area contributed by atoms with Crippen LogP contribution in [0.25, 0.3) is 11.3 Å². The Morgan fingerprint density at radius 3 is 2.54 bits per heavy atom. The molecule has 0 saturated heterocycles. The first-order chi connectivity index (χ1) is 6.36. The molecule has 0 aliphatic rings. The van der Waals surface area contributed by atoms with Crippen molar-refractivity contribution in [3.05, 3.63) is 30.7 Å². The van der Waals surface area contributed by atoms with E-state index in [0.29, 0.717) is 0 Å². The molecule has 0 unspecified atom stereocenters. The van der Waals surface area contributed by atoms with Crippen molar-refractivity contribution in [1.82, 2.24) is 20.2 Å². The lowest BCUT2D eigenvalue weighted by atomic mass is 10.2. The smallest absolute Gasteiger partial charge is 0.219 e. The van der Waals surface area contributed by atoms with Crippen LogP contribution in [0.4, 0.5) is 5.95 Å². The summed E-state index contributed by atoms with van der Waals surface area (Å²) in [5.74, 6) is 0.257. The monoisotopic (exact) mass is 173 g/mol. The molecule has 0 saturated carbocycles. The number of anilines is 1. The van der Waals surface area contributed by atoms with Gasteiger partial charge in [0.15, 0.2) is 0 Å². The normalized spacial score (nSPS) is 9.85. The summed E-state index contributed by atoms with van der Waals surface area (Å²) in [6, 6.07) is 3.64. The van der Waals surface area contributed by atoms with Crippen molar-refractivity contribution >= 4 is 5.95 Å². The van der Waals surface area contributed by atoms with Crippen molar-refractivity contribution in [2.75, 3.05) is 5.73 Å². The zero-order valence-corrected chi connectivity index (χ0v) is 6.75. The number of rotatable bonds is 1. The van der Waals surface area contributed by atoms with Gasteiger partial charge < -0.3 is 5.73 Å². The molecular weight excluding hydrogens is 166 g/mol. The van der Waals surface area contributed by atoms with Crippen molar-refractivity contribution in [3.8, 4) is 11.3 Å². The van der Waals surface area contributed by atoms with E-state index in [2.05, 4.69) is 20.2 Å². The Hall–Kier alpha value is -2.04. The second-order valence-electron chi connectivity index (χ2n) is 2.44.